The van der Waals surface area contributed by atoms with Crippen molar-refractivity contribution in [3.8, 4) is 0 Å². The summed E-state index contributed by atoms with van der Waals surface area (Å²) in [5.74, 6) is -0.148. The number of ketones is 1. The molecular formula is C21H23ClN3O2S+. The van der Waals surface area contributed by atoms with Crippen LogP contribution in [0.4, 0.5) is 5.13 Å². The van der Waals surface area contributed by atoms with Crippen LogP contribution in [-0.4, -0.2) is 43.9 Å². The second kappa shape index (κ2) is 8.82. The Morgan fingerprint density at radius 2 is 1.79 bits per heavy atom. The van der Waals surface area contributed by atoms with Crippen molar-refractivity contribution >= 4 is 50.0 Å². The Kier molecular flexibility index (Phi) is 6.44. The quantitative estimate of drug-likeness (QED) is 0.601. The molecule has 0 radical (unpaired) electrons. The number of benzene rings is 2. The highest BCUT2D eigenvalue weighted by Crippen LogP contribution is 2.33. The monoisotopic (exact) mass is 416 g/mol. The van der Waals surface area contributed by atoms with Gasteiger partial charge in [0.15, 0.2) is 10.9 Å². The first-order chi connectivity index (χ1) is 13.4. The van der Waals surface area contributed by atoms with Crippen LogP contribution in [-0.2, 0) is 0 Å². The molecule has 0 aliphatic heterocycles. The number of Topliss-reactive ketones (excluding diaryl/α,β-unsaturated/α-hetero) is 1. The summed E-state index contributed by atoms with van der Waals surface area (Å²) in [6.07, 6.45) is 0.850. The first-order valence-corrected chi connectivity index (χ1v) is 10.3. The summed E-state index contributed by atoms with van der Waals surface area (Å²) in [6.45, 7) is 3.02. The summed E-state index contributed by atoms with van der Waals surface area (Å²) in [5, 5.41) is 1.22. The van der Waals surface area contributed by atoms with Gasteiger partial charge in [0.1, 0.15) is 5.52 Å². The lowest BCUT2D eigenvalue weighted by Gasteiger charge is -2.20. The van der Waals surface area contributed by atoms with Crippen LogP contribution in [0.2, 0.25) is 5.02 Å². The highest BCUT2D eigenvalue weighted by Gasteiger charge is 2.22. The number of amides is 1. The number of nitrogens with zero attached hydrogens (tertiary/aromatic N) is 2. The van der Waals surface area contributed by atoms with E-state index in [2.05, 4.69) is 19.1 Å². The molecule has 0 aliphatic rings. The molecule has 1 heterocycles. The van der Waals surface area contributed by atoms with Gasteiger partial charge in [0.05, 0.1) is 30.4 Å². The Balaban J connectivity index is 1.94. The number of rotatable bonds is 7. The highest BCUT2D eigenvalue weighted by atomic mass is 35.5. The number of carbonyl (C=O) groups is 2. The van der Waals surface area contributed by atoms with E-state index in [1.165, 1.54) is 23.2 Å². The van der Waals surface area contributed by atoms with Crippen LogP contribution in [0.25, 0.3) is 10.2 Å². The molecule has 1 aromatic heterocycles. The molecule has 0 atom stereocenters. The number of fused-ring (bicyclic) bond motifs is 1. The molecule has 0 unspecified atom stereocenters. The minimum absolute atomic E-state index is 0.0226. The number of thiazole rings is 1. The zero-order valence-corrected chi connectivity index (χ0v) is 17.7. The van der Waals surface area contributed by atoms with Crippen molar-refractivity contribution in [1.29, 1.82) is 0 Å². The maximum atomic E-state index is 13.2. The Morgan fingerprint density at radius 1 is 1.11 bits per heavy atom. The van der Waals surface area contributed by atoms with E-state index in [-0.39, 0.29) is 11.7 Å². The number of anilines is 1. The molecule has 1 N–H and O–H groups in total. The Bertz CT molecular complexity index is 999. The van der Waals surface area contributed by atoms with Crippen molar-refractivity contribution in [2.45, 2.75) is 13.3 Å². The molecule has 0 aliphatic carbocycles. The van der Waals surface area contributed by atoms with Gasteiger partial charge in [-0.15, -0.1) is 0 Å². The van der Waals surface area contributed by atoms with Gasteiger partial charge >= 0.3 is 0 Å². The van der Waals surface area contributed by atoms with E-state index in [0.29, 0.717) is 33.3 Å². The van der Waals surface area contributed by atoms with Gasteiger partial charge in [0.2, 0.25) is 0 Å². The Labute approximate surface area is 173 Å². The average Bonchev–Trinajstić information content (AvgIpc) is 3.10. The van der Waals surface area contributed by atoms with E-state index in [1.807, 2.05) is 12.1 Å². The van der Waals surface area contributed by atoms with Crippen molar-refractivity contribution in [2.75, 3.05) is 32.1 Å². The molecule has 0 saturated carbocycles. The van der Waals surface area contributed by atoms with Gasteiger partial charge in [0.25, 0.3) is 5.91 Å². The lowest BCUT2D eigenvalue weighted by molar-refractivity contribution is -0.858. The SMILES string of the molecule is CC(=O)c1ccc(C(=O)N(CCC[NH+](C)C)c2nc3c(Cl)cccc3s2)cc1. The highest BCUT2D eigenvalue weighted by molar-refractivity contribution is 7.22. The summed E-state index contributed by atoms with van der Waals surface area (Å²) >= 11 is 7.73. The van der Waals surface area contributed by atoms with Gasteiger partial charge < -0.3 is 4.90 Å². The van der Waals surface area contributed by atoms with Crippen molar-refractivity contribution in [2.24, 2.45) is 0 Å². The van der Waals surface area contributed by atoms with E-state index < -0.39 is 0 Å². The maximum Gasteiger partial charge on any atom is 0.260 e. The summed E-state index contributed by atoms with van der Waals surface area (Å²) < 4.78 is 0.950. The number of carbonyl (C=O) groups excluding carboxylic acids is 2. The third kappa shape index (κ3) is 4.58. The van der Waals surface area contributed by atoms with Crippen LogP contribution >= 0.6 is 22.9 Å². The van der Waals surface area contributed by atoms with E-state index in [1.54, 1.807) is 35.2 Å². The molecule has 146 valence electrons. The topological polar surface area (TPSA) is 54.7 Å². The van der Waals surface area contributed by atoms with Crippen LogP contribution < -0.4 is 9.80 Å². The Morgan fingerprint density at radius 3 is 2.39 bits per heavy atom. The second-order valence-corrected chi connectivity index (χ2v) is 8.40. The molecule has 0 spiro atoms. The van der Waals surface area contributed by atoms with Gasteiger partial charge in [0, 0.05) is 24.1 Å². The maximum absolute atomic E-state index is 13.2. The zero-order chi connectivity index (χ0) is 20.3. The third-order valence-corrected chi connectivity index (χ3v) is 5.78. The summed E-state index contributed by atoms with van der Waals surface area (Å²) in [5.41, 5.74) is 1.84. The Hall–Kier alpha value is -2.28. The van der Waals surface area contributed by atoms with Crippen molar-refractivity contribution < 1.29 is 14.5 Å². The predicted octanol–water partition coefficient (Wildman–Crippen LogP) is 3.33. The molecular weight excluding hydrogens is 394 g/mol. The number of nitrogens with one attached hydrogen (secondary N) is 1. The smallest absolute Gasteiger partial charge is 0.260 e. The summed E-state index contributed by atoms with van der Waals surface area (Å²) in [6, 6.07) is 12.4. The third-order valence-electron chi connectivity index (χ3n) is 4.43. The molecule has 1 amide bonds. The first kappa shape index (κ1) is 20.5. The fourth-order valence-electron chi connectivity index (χ4n) is 2.90. The number of hydrogen-bond donors (Lipinski definition) is 1. The van der Waals surface area contributed by atoms with Crippen LogP contribution in [0.1, 0.15) is 34.1 Å². The molecule has 7 heteroatoms. The molecule has 0 saturated heterocycles. The minimum Gasteiger partial charge on any atom is -0.340 e. The molecule has 2 aromatic carbocycles. The normalized spacial score (nSPS) is 11.2. The van der Waals surface area contributed by atoms with Crippen LogP contribution in [0.5, 0.6) is 0 Å². The average molecular weight is 417 g/mol. The standard InChI is InChI=1S/C21H22ClN3O2S/c1-14(26)15-8-10-16(11-9-15)20(27)25(13-5-12-24(2)3)21-23-19-17(22)6-4-7-18(19)28-21/h4,6-11H,5,12-13H2,1-3H3/p+1. The fourth-order valence-corrected chi connectivity index (χ4v) is 4.19. The minimum atomic E-state index is -0.126. The number of halogens is 1. The van der Waals surface area contributed by atoms with E-state index in [9.17, 15) is 9.59 Å². The van der Waals surface area contributed by atoms with Crippen LogP contribution in [0.15, 0.2) is 42.5 Å². The molecule has 5 nitrogen and oxygen atoms in total. The van der Waals surface area contributed by atoms with Gasteiger partial charge in [-0.25, -0.2) is 4.98 Å². The molecule has 28 heavy (non-hydrogen) atoms. The largest absolute Gasteiger partial charge is 0.340 e. The van der Waals surface area contributed by atoms with Crippen molar-refractivity contribution in [1.82, 2.24) is 4.98 Å². The van der Waals surface area contributed by atoms with E-state index >= 15 is 0 Å². The van der Waals surface area contributed by atoms with Crippen molar-refractivity contribution in [3.05, 3.63) is 58.6 Å². The van der Waals surface area contributed by atoms with Crippen molar-refractivity contribution in [3.63, 3.8) is 0 Å². The lowest BCUT2D eigenvalue weighted by Crippen LogP contribution is -3.05. The predicted molar refractivity (Wildman–Crippen MR) is 115 cm³/mol. The molecule has 3 aromatic rings. The summed E-state index contributed by atoms with van der Waals surface area (Å²) in [7, 11) is 4.17. The van der Waals surface area contributed by atoms with Gasteiger partial charge in [-0.1, -0.05) is 41.1 Å². The fraction of sp³-hybridized carbons (Fsp3) is 0.286. The van der Waals surface area contributed by atoms with E-state index in [0.717, 1.165) is 17.7 Å². The zero-order valence-electron chi connectivity index (χ0n) is 16.2. The van der Waals surface area contributed by atoms with Gasteiger partial charge in [-0.3, -0.25) is 14.5 Å². The number of para-hydroxylation sites is 1. The van der Waals surface area contributed by atoms with Crippen LogP contribution in [0, 0.1) is 0 Å². The number of aromatic nitrogens is 1. The van der Waals surface area contributed by atoms with Gasteiger partial charge in [-0.2, -0.15) is 0 Å². The lowest BCUT2D eigenvalue weighted by atomic mass is 10.1. The molecule has 0 fully saturated rings. The second-order valence-electron chi connectivity index (χ2n) is 6.98. The number of hydrogen-bond acceptors (Lipinski definition) is 4. The van der Waals surface area contributed by atoms with E-state index in [4.69, 9.17) is 11.6 Å². The van der Waals surface area contributed by atoms with Gasteiger partial charge in [-0.05, 0) is 31.2 Å². The number of quaternary nitrogens is 1. The first-order valence-electron chi connectivity index (χ1n) is 9.14. The molecule has 3 rings (SSSR count). The van der Waals surface area contributed by atoms with Crippen LogP contribution in [0.3, 0.4) is 0 Å². The molecule has 0 bridgehead atoms. The summed E-state index contributed by atoms with van der Waals surface area (Å²) in [4.78, 5) is 32.4.